The molecule has 2 N–H and O–H groups in total. The first-order chi connectivity index (χ1) is 13.7. The second-order valence-corrected chi connectivity index (χ2v) is 7.37. The average Bonchev–Trinajstić information content (AvgIpc) is 2.58. The molecule has 2 aliphatic rings. The minimum absolute atomic E-state index is 0.0868. The van der Waals surface area contributed by atoms with Gasteiger partial charge in [-0.15, -0.1) is 0 Å². The number of hydrogen-bond acceptors (Lipinski definition) is 6. The lowest BCUT2D eigenvalue weighted by Crippen LogP contribution is -2.66. The number of rotatable bonds is 5. The largest absolute Gasteiger partial charge is 0.416 e. The molecule has 11 heteroatoms. The number of likely N-dealkylation sites (tertiary alicyclic amines) is 1. The van der Waals surface area contributed by atoms with E-state index in [0.29, 0.717) is 37.6 Å². The average molecular weight is 429 g/mol. The zero-order valence-electron chi connectivity index (χ0n) is 15.0. The zero-order valence-corrected chi connectivity index (χ0v) is 15.8. The van der Waals surface area contributed by atoms with E-state index in [1.54, 1.807) is 0 Å². The van der Waals surface area contributed by atoms with Gasteiger partial charge in [0, 0.05) is 44.1 Å². The summed E-state index contributed by atoms with van der Waals surface area (Å²) in [5, 5.41) is 10.5. The van der Waals surface area contributed by atoms with Crippen molar-refractivity contribution in [3.8, 4) is 0 Å². The van der Waals surface area contributed by atoms with Crippen LogP contribution < -0.4 is 10.2 Å². The number of hydrogen-bond donors (Lipinski definition) is 2. The van der Waals surface area contributed by atoms with Crippen molar-refractivity contribution in [2.75, 3.05) is 36.4 Å². The van der Waals surface area contributed by atoms with E-state index in [9.17, 15) is 17.6 Å². The summed E-state index contributed by atoms with van der Waals surface area (Å²) in [6.07, 6.45) is -4.22. The van der Waals surface area contributed by atoms with Gasteiger partial charge in [-0.05, 0) is 29.8 Å². The summed E-state index contributed by atoms with van der Waals surface area (Å²) in [6, 6.07) is 4.88. The van der Waals surface area contributed by atoms with Crippen LogP contribution in [0.3, 0.4) is 0 Å². The van der Waals surface area contributed by atoms with Crippen LogP contribution in [0.15, 0.2) is 24.3 Å². The van der Waals surface area contributed by atoms with E-state index < -0.39 is 17.9 Å². The predicted molar refractivity (Wildman–Crippen MR) is 102 cm³/mol. The van der Waals surface area contributed by atoms with E-state index in [-0.39, 0.29) is 22.8 Å². The maximum Gasteiger partial charge on any atom is 0.416 e. The molecule has 0 amide bonds. The maximum absolute atomic E-state index is 13.0. The van der Waals surface area contributed by atoms with Crippen LogP contribution in [0.1, 0.15) is 11.1 Å². The smallest absolute Gasteiger partial charge is 0.353 e. The molecule has 1 aromatic heterocycles. The fourth-order valence-electron chi connectivity index (χ4n) is 3.42. The maximum atomic E-state index is 13.0. The van der Waals surface area contributed by atoms with Crippen LogP contribution in [-0.4, -0.2) is 59.5 Å². The van der Waals surface area contributed by atoms with Crippen molar-refractivity contribution in [3.63, 3.8) is 0 Å². The molecule has 4 rings (SSSR count). The van der Waals surface area contributed by atoms with Gasteiger partial charge in [-0.1, -0.05) is 6.07 Å². The molecule has 0 atom stereocenters. The van der Waals surface area contributed by atoms with Gasteiger partial charge >= 0.3 is 6.18 Å². The monoisotopic (exact) mass is 428 g/mol. The molecule has 0 bridgehead atoms. The molecular weight excluding hydrogens is 412 g/mol. The Bertz CT molecular complexity index is 925. The normalized spacial score (nSPS) is 18.3. The SMILES string of the molecule is N=Cc1c(Nc2cccc(C(F)(F)F)c2)nc(Cl)nc1N1CC(N2CC(F)C2)C1. The van der Waals surface area contributed by atoms with Gasteiger partial charge in [-0.3, -0.25) is 4.90 Å². The summed E-state index contributed by atoms with van der Waals surface area (Å²) < 4.78 is 51.9. The summed E-state index contributed by atoms with van der Waals surface area (Å²) >= 11 is 6.03. The summed E-state index contributed by atoms with van der Waals surface area (Å²) in [4.78, 5) is 12.2. The number of alkyl halides is 4. The standard InChI is InChI=1S/C18H17ClF4N6/c19-17-26-15(25-12-3-1-2-10(4-12)18(21,22)23)14(5-24)16(27-17)29-8-13(9-29)28-6-11(20)7-28/h1-5,11,13,24H,6-9H2,(H,25,26,27). The minimum atomic E-state index is -4.47. The van der Waals surface area contributed by atoms with Crippen molar-refractivity contribution in [3.05, 3.63) is 40.7 Å². The summed E-state index contributed by atoms with van der Waals surface area (Å²) in [5.41, 5.74) is -0.317. The first kappa shape index (κ1) is 19.8. The van der Waals surface area contributed by atoms with Crippen LogP contribution in [0.25, 0.3) is 0 Å². The Hall–Kier alpha value is -2.46. The van der Waals surface area contributed by atoms with Crippen molar-refractivity contribution in [1.82, 2.24) is 14.9 Å². The van der Waals surface area contributed by atoms with E-state index in [2.05, 4.69) is 15.3 Å². The third-order valence-corrected chi connectivity index (χ3v) is 5.21. The molecule has 2 aliphatic heterocycles. The molecule has 3 heterocycles. The van der Waals surface area contributed by atoms with Crippen molar-refractivity contribution >= 4 is 35.1 Å². The van der Waals surface area contributed by atoms with Gasteiger partial charge in [0.1, 0.15) is 17.8 Å². The first-order valence-corrected chi connectivity index (χ1v) is 9.27. The molecule has 2 fully saturated rings. The number of nitrogens with one attached hydrogen (secondary N) is 2. The Kier molecular flexibility index (Phi) is 5.07. The summed E-state index contributed by atoms with van der Waals surface area (Å²) in [7, 11) is 0. The molecule has 0 aliphatic carbocycles. The Morgan fingerprint density at radius 3 is 2.52 bits per heavy atom. The van der Waals surface area contributed by atoms with Gasteiger partial charge in [-0.2, -0.15) is 23.1 Å². The van der Waals surface area contributed by atoms with Gasteiger partial charge < -0.3 is 15.6 Å². The van der Waals surface area contributed by atoms with Crippen LogP contribution in [0.4, 0.5) is 34.9 Å². The van der Waals surface area contributed by atoms with Crippen molar-refractivity contribution in [2.45, 2.75) is 18.4 Å². The fraction of sp³-hybridized carbons (Fsp3) is 0.389. The van der Waals surface area contributed by atoms with E-state index in [4.69, 9.17) is 17.0 Å². The number of benzene rings is 1. The van der Waals surface area contributed by atoms with Gasteiger partial charge in [0.15, 0.2) is 0 Å². The summed E-state index contributed by atoms with van der Waals surface area (Å²) in [5.74, 6) is 0.564. The zero-order chi connectivity index (χ0) is 20.8. The lowest BCUT2D eigenvalue weighted by Gasteiger charge is -2.50. The molecule has 0 spiro atoms. The Labute approximate surface area is 169 Å². The van der Waals surface area contributed by atoms with Crippen molar-refractivity contribution < 1.29 is 17.6 Å². The Balaban J connectivity index is 1.56. The molecule has 2 saturated heterocycles. The van der Waals surface area contributed by atoms with E-state index in [1.807, 2.05) is 9.80 Å². The van der Waals surface area contributed by atoms with Crippen LogP contribution in [0, 0.1) is 5.41 Å². The first-order valence-electron chi connectivity index (χ1n) is 8.90. The van der Waals surface area contributed by atoms with E-state index in [0.717, 1.165) is 18.3 Å². The quantitative estimate of drug-likeness (QED) is 0.431. The highest BCUT2D eigenvalue weighted by molar-refractivity contribution is 6.28. The van der Waals surface area contributed by atoms with E-state index in [1.165, 1.54) is 12.1 Å². The lowest BCUT2D eigenvalue weighted by atomic mass is 10.0. The fourth-order valence-corrected chi connectivity index (χ4v) is 3.59. The molecule has 1 aromatic carbocycles. The van der Waals surface area contributed by atoms with Gasteiger partial charge in [0.05, 0.1) is 11.1 Å². The second-order valence-electron chi connectivity index (χ2n) is 7.04. The van der Waals surface area contributed by atoms with Crippen LogP contribution >= 0.6 is 11.6 Å². The highest BCUT2D eigenvalue weighted by Gasteiger charge is 2.40. The number of nitrogens with zero attached hydrogens (tertiary/aromatic N) is 4. The third kappa shape index (κ3) is 3.99. The third-order valence-electron chi connectivity index (χ3n) is 5.04. The van der Waals surface area contributed by atoms with E-state index >= 15 is 0 Å². The Morgan fingerprint density at radius 2 is 1.90 bits per heavy atom. The topological polar surface area (TPSA) is 68.1 Å². The van der Waals surface area contributed by atoms with Gasteiger partial charge in [-0.25, -0.2) is 4.39 Å². The van der Waals surface area contributed by atoms with Crippen molar-refractivity contribution in [1.29, 1.82) is 5.41 Å². The number of aromatic nitrogens is 2. The molecule has 6 nitrogen and oxygen atoms in total. The van der Waals surface area contributed by atoms with Gasteiger partial charge in [0.2, 0.25) is 5.28 Å². The molecule has 29 heavy (non-hydrogen) atoms. The van der Waals surface area contributed by atoms with Crippen LogP contribution in [-0.2, 0) is 6.18 Å². The minimum Gasteiger partial charge on any atom is -0.353 e. The van der Waals surface area contributed by atoms with Crippen LogP contribution in [0.2, 0.25) is 5.28 Å². The van der Waals surface area contributed by atoms with Crippen LogP contribution in [0.5, 0.6) is 0 Å². The Morgan fingerprint density at radius 1 is 1.17 bits per heavy atom. The summed E-state index contributed by atoms with van der Waals surface area (Å²) in [6.45, 7) is 2.04. The number of halogens is 5. The highest BCUT2D eigenvalue weighted by Crippen LogP contribution is 2.34. The highest BCUT2D eigenvalue weighted by atomic mass is 35.5. The molecule has 0 saturated carbocycles. The molecular formula is C18H17ClF4N6. The van der Waals surface area contributed by atoms with Gasteiger partial charge in [0.25, 0.3) is 0 Å². The van der Waals surface area contributed by atoms with Crippen molar-refractivity contribution in [2.24, 2.45) is 0 Å². The molecule has 0 unspecified atom stereocenters. The molecule has 2 aromatic rings. The second kappa shape index (κ2) is 7.42. The lowest BCUT2D eigenvalue weighted by molar-refractivity contribution is -0.137. The molecule has 154 valence electrons. The number of anilines is 3. The predicted octanol–water partition coefficient (Wildman–Crippen LogP) is 3.73. The molecule has 0 radical (unpaired) electrons.